The largest absolute Gasteiger partial charge is 0.337 e. The molecule has 24 heavy (non-hydrogen) atoms. The van der Waals surface area contributed by atoms with Gasteiger partial charge < -0.3 is 4.90 Å². The number of carbonyl (C=O) groups is 1. The van der Waals surface area contributed by atoms with Gasteiger partial charge >= 0.3 is 0 Å². The maximum absolute atomic E-state index is 12.9. The summed E-state index contributed by atoms with van der Waals surface area (Å²) in [5.41, 5.74) is 2.95. The van der Waals surface area contributed by atoms with Crippen LogP contribution in [0.4, 0.5) is 0 Å². The van der Waals surface area contributed by atoms with Crippen LogP contribution in [-0.4, -0.2) is 49.5 Å². The molecule has 0 spiro atoms. The maximum atomic E-state index is 12.9. The first-order valence-electron chi connectivity index (χ1n) is 8.07. The topological polar surface area (TPSA) is 90.6 Å². The van der Waals surface area contributed by atoms with E-state index in [1.807, 2.05) is 41.3 Å². The van der Waals surface area contributed by atoms with Crippen LogP contribution < -0.4 is 0 Å². The van der Waals surface area contributed by atoms with Gasteiger partial charge in [0.15, 0.2) is 5.69 Å². The third-order valence-corrected chi connectivity index (χ3v) is 4.47. The number of aromatic nitrogens is 5. The molecule has 0 aliphatic carbocycles. The summed E-state index contributed by atoms with van der Waals surface area (Å²) in [4.78, 5) is 14.8. The Morgan fingerprint density at radius 2 is 2.04 bits per heavy atom. The summed E-state index contributed by atoms with van der Waals surface area (Å²) >= 11 is 0. The van der Waals surface area contributed by atoms with Gasteiger partial charge in [0.25, 0.3) is 5.91 Å². The Bertz CT molecular complexity index is 811. The minimum atomic E-state index is -0.0770. The number of hydrogen-bond donors (Lipinski definition) is 2. The molecule has 1 aromatic carbocycles. The summed E-state index contributed by atoms with van der Waals surface area (Å²) in [5.74, 6) is 0.212. The number of aromatic amines is 2. The molecule has 1 aliphatic rings. The van der Waals surface area contributed by atoms with Gasteiger partial charge in [-0.3, -0.25) is 9.89 Å². The number of nitrogens with one attached hydrogen (secondary N) is 2. The van der Waals surface area contributed by atoms with E-state index in [2.05, 4.69) is 25.6 Å². The van der Waals surface area contributed by atoms with Gasteiger partial charge in [0, 0.05) is 36.5 Å². The van der Waals surface area contributed by atoms with E-state index >= 15 is 0 Å². The van der Waals surface area contributed by atoms with E-state index in [0.717, 1.165) is 30.6 Å². The van der Waals surface area contributed by atoms with E-state index in [0.29, 0.717) is 17.9 Å². The Balaban J connectivity index is 1.57. The molecule has 2 aromatic heterocycles. The summed E-state index contributed by atoms with van der Waals surface area (Å²) in [6, 6.07) is 11.6. The number of H-pyrrole nitrogens is 2. The minimum absolute atomic E-state index is 0.0770. The van der Waals surface area contributed by atoms with Gasteiger partial charge in [0.05, 0.1) is 0 Å². The van der Waals surface area contributed by atoms with Crippen molar-refractivity contribution in [1.29, 1.82) is 0 Å². The predicted molar refractivity (Wildman–Crippen MR) is 88.3 cm³/mol. The Morgan fingerprint density at radius 3 is 2.83 bits per heavy atom. The number of amides is 1. The lowest BCUT2D eigenvalue weighted by atomic mass is 9.94. The molecule has 7 heteroatoms. The van der Waals surface area contributed by atoms with Crippen molar-refractivity contribution in [3.63, 3.8) is 0 Å². The SMILES string of the molecule is O=C(c1n[nH]nc1-c1ccccc1)N1CCCC(c2ccn[nH]2)C1. The van der Waals surface area contributed by atoms with Gasteiger partial charge in [-0.1, -0.05) is 30.3 Å². The highest BCUT2D eigenvalue weighted by Crippen LogP contribution is 2.27. The third-order valence-electron chi connectivity index (χ3n) is 4.47. The quantitative estimate of drug-likeness (QED) is 0.773. The lowest BCUT2D eigenvalue weighted by Gasteiger charge is -2.31. The van der Waals surface area contributed by atoms with Crippen molar-refractivity contribution in [1.82, 2.24) is 30.5 Å². The third kappa shape index (κ3) is 2.68. The molecule has 1 atom stereocenters. The highest BCUT2D eigenvalue weighted by Gasteiger charge is 2.29. The fourth-order valence-electron chi connectivity index (χ4n) is 3.24. The number of carbonyl (C=O) groups excluding carboxylic acids is 1. The van der Waals surface area contributed by atoms with E-state index in [-0.39, 0.29) is 11.8 Å². The molecule has 0 saturated carbocycles. The van der Waals surface area contributed by atoms with E-state index in [1.54, 1.807) is 6.20 Å². The molecule has 2 N–H and O–H groups in total. The van der Waals surface area contributed by atoms with Gasteiger partial charge in [0.1, 0.15) is 5.69 Å². The van der Waals surface area contributed by atoms with Crippen LogP contribution in [0.25, 0.3) is 11.3 Å². The zero-order chi connectivity index (χ0) is 16.4. The molecule has 7 nitrogen and oxygen atoms in total. The molecule has 1 amide bonds. The second kappa shape index (κ2) is 6.27. The molecule has 4 rings (SSSR count). The fourth-order valence-corrected chi connectivity index (χ4v) is 3.24. The average Bonchev–Trinajstić information content (AvgIpc) is 3.34. The van der Waals surface area contributed by atoms with Crippen LogP contribution in [0.2, 0.25) is 0 Å². The Kier molecular flexibility index (Phi) is 3.82. The first kappa shape index (κ1) is 14.6. The maximum Gasteiger partial charge on any atom is 0.276 e. The highest BCUT2D eigenvalue weighted by molar-refractivity contribution is 5.98. The van der Waals surface area contributed by atoms with Crippen molar-refractivity contribution >= 4 is 5.91 Å². The molecular formula is C17H18N6O. The fraction of sp³-hybridized carbons (Fsp3) is 0.294. The minimum Gasteiger partial charge on any atom is -0.337 e. The second-order valence-corrected chi connectivity index (χ2v) is 5.99. The lowest BCUT2D eigenvalue weighted by molar-refractivity contribution is 0.0700. The van der Waals surface area contributed by atoms with Crippen molar-refractivity contribution in [3.8, 4) is 11.3 Å². The standard InChI is InChI=1S/C17H18N6O/c24-17(16-15(20-22-21-16)12-5-2-1-3-6-12)23-10-4-7-13(11-23)14-8-9-18-19-14/h1-3,5-6,8-9,13H,4,7,10-11H2,(H,18,19)(H,20,21,22). The summed E-state index contributed by atoms with van der Waals surface area (Å²) in [7, 11) is 0. The van der Waals surface area contributed by atoms with E-state index in [9.17, 15) is 4.79 Å². The Labute approximate surface area is 139 Å². The van der Waals surface area contributed by atoms with Crippen LogP contribution in [0.3, 0.4) is 0 Å². The van der Waals surface area contributed by atoms with Crippen LogP contribution in [0.15, 0.2) is 42.6 Å². The van der Waals surface area contributed by atoms with Crippen molar-refractivity contribution < 1.29 is 4.79 Å². The normalized spacial score (nSPS) is 17.8. The second-order valence-electron chi connectivity index (χ2n) is 5.99. The lowest BCUT2D eigenvalue weighted by Crippen LogP contribution is -2.39. The Hall–Kier alpha value is -2.96. The predicted octanol–water partition coefficient (Wildman–Crippen LogP) is 2.21. The number of hydrogen-bond acceptors (Lipinski definition) is 4. The molecule has 1 unspecified atom stereocenters. The van der Waals surface area contributed by atoms with Crippen molar-refractivity contribution in [3.05, 3.63) is 54.0 Å². The van der Waals surface area contributed by atoms with Gasteiger partial charge in [-0.15, -0.1) is 0 Å². The molecule has 0 bridgehead atoms. The first-order valence-corrected chi connectivity index (χ1v) is 8.07. The molecule has 0 radical (unpaired) electrons. The van der Waals surface area contributed by atoms with Gasteiger partial charge in [-0.2, -0.15) is 20.5 Å². The molecular weight excluding hydrogens is 304 g/mol. The number of rotatable bonds is 3. The summed E-state index contributed by atoms with van der Waals surface area (Å²) in [5, 5.41) is 17.9. The Morgan fingerprint density at radius 1 is 1.17 bits per heavy atom. The van der Waals surface area contributed by atoms with Crippen LogP contribution in [0.5, 0.6) is 0 Å². The highest BCUT2D eigenvalue weighted by atomic mass is 16.2. The molecule has 1 saturated heterocycles. The van der Waals surface area contributed by atoms with Crippen molar-refractivity contribution in [2.24, 2.45) is 0 Å². The average molecular weight is 322 g/mol. The summed E-state index contributed by atoms with van der Waals surface area (Å²) in [6.45, 7) is 1.41. The van der Waals surface area contributed by atoms with E-state index in [4.69, 9.17) is 0 Å². The molecule has 1 fully saturated rings. The first-order chi connectivity index (χ1) is 11.8. The van der Waals surface area contributed by atoms with Crippen LogP contribution in [0, 0.1) is 0 Å². The smallest absolute Gasteiger partial charge is 0.276 e. The molecule has 3 aromatic rings. The van der Waals surface area contributed by atoms with Gasteiger partial charge in [-0.25, -0.2) is 0 Å². The number of nitrogens with zero attached hydrogens (tertiary/aromatic N) is 4. The van der Waals surface area contributed by atoms with Crippen molar-refractivity contribution in [2.75, 3.05) is 13.1 Å². The van der Waals surface area contributed by atoms with Crippen LogP contribution >= 0.6 is 0 Å². The van der Waals surface area contributed by atoms with E-state index < -0.39 is 0 Å². The summed E-state index contributed by atoms with van der Waals surface area (Å²) in [6.07, 6.45) is 3.77. The number of piperidine rings is 1. The molecule has 1 aliphatic heterocycles. The van der Waals surface area contributed by atoms with Crippen molar-refractivity contribution in [2.45, 2.75) is 18.8 Å². The van der Waals surface area contributed by atoms with Crippen LogP contribution in [0.1, 0.15) is 34.9 Å². The monoisotopic (exact) mass is 322 g/mol. The van der Waals surface area contributed by atoms with Gasteiger partial charge in [-0.05, 0) is 18.9 Å². The number of likely N-dealkylation sites (tertiary alicyclic amines) is 1. The molecule has 3 heterocycles. The molecule has 122 valence electrons. The zero-order valence-corrected chi connectivity index (χ0v) is 13.1. The van der Waals surface area contributed by atoms with Crippen LogP contribution in [-0.2, 0) is 0 Å². The number of benzene rings is 1. The van der Waals surface area contributed by atoms with Gasteiger partial charge in [0.2, 0.25) is 0 Å². The zero-order valence-electron chi connectivity index (χ0n) is 13.1. The summed E-state index contributed by atoms with van der Waals surface area (Å²) < 4.78 is 0. The van der Waals surface area contributed by atoms with E-state index in [1.165, 1.54) is 0 Å².